The molecule has 3 N–H and O–H groups in total. The van der Waals surface area contributed by atoms with E-state index in [9.17, 15) is 22.4 Å². The van der Waals surface area contributed by atoms with Gasteiger partial charge in [-0.2, -0.15) is 0 Å². The van der Waals surface area contributed by atoms with Gasteiger partial charge in [0.15, 0.2) is 40.3 Å². The van der Waals surface area contributed by atoms with E-state index in [0.29, 0.717) is 136 Å². The number of aryl methyl sites for hydroxylation is 13. The van der Waals surface area contributed by atoms with Crippen molar-refractivity contribution < 1.29 is 93.4 Å². The number of hydrogen-bond acceptors (Lipinski definition) is 28. The normalized spacial score (nSPS) is 14.8. The summed E-state index contributed by atoms with van der Waals surface area (Å²) in [5.41, 5.74) is 18.9. The van der Waals surface area contributed by atoms with Crippen LogP contribution in [0.4, 0.5) is 40.4 Å². The molecule has 0 saturated heterocycles. The highest BCUT2D eigenvalue weighted by atomic mass is 19.1. The van der Waals surface area contributed by atoms with Crippen LogP contribution in [0.25, 0.3) is 0 Å². The summed E-state index contributed by atoms with van der Waals surface area (Å²) in [6.45, 7) is 36.5. The largest absolute Gasteiger partial charge is 0.493 e. The van der Waals surface area contributed by atoms with Gasteiger partial charge in [0.1, 0.15) is 120 Å². The SMILES string of the molecule is Cc1cc2c(cc1F)NCCO2.Cc1cc2c(cc1F)OCCO2.Cc1ccc2c(c1)OCC2.Cc1ccc2c(c1)OCCN2C.Cc1ccc2c(n1)OCCC2.Cc1ccc2c(n1)OCCN2.Cc1ccc2c(n1)OCCO2.Cc1cnc2c(c1)C(=O)N(C)CC2.Cc1cnc2c(c1)OCCN2.Cc1cnc2c(c1)OCCO2.Cc1nc2c(cc1F)CCO2.Cc1nc2c(cc1F)OCCO2. The maximum atomic E-state index is 13.0. The molecule has 4 aromatic carbocycles. The first-order valence-corrected chi connectivity index (χ1v) is 45.8. The molecule has 12 aliphatic heterocycles. The second-order valence-corrected chi connectivity index (χ2v) is 33.3. The Kier molecular flexibility index (Phi) is 35.8. The van der Waals surface area contributed by atoms with Gasteiger partial charge in [-0.15, -0.1) is 0 Å². The Hall–Kier alpha value is -14.5. The van der Waals surface area contributed by atoms with E-state index in [0.717, 1.165) is 205 Å². The smallest absolute Gasteiger partial charge is 0.257 e. The molecule has 24 rings (SSSR count). The van der Waals surface area contributed by atoms with Crippen LogP contribution in [-0.4, -0.2) is 197 Å². The molecule has 0 unspecified atom stereocenters. The van der Waals surface area contributed by atoms with Crippen molar-refractivity contribution in [2.75, 3.05) is 167 Å². The average molecular weight is 1880 g/mol. The Morgan fingerprint density at radius 1 is 0.299 bits per heavy atom. The summed E-state index contributed by atoms with van der Waals surface area (Å²) >= 11 is 0. The Labute approximate surface area is 796 Å². The number of rotatable bonds is 0. The lowest BCUT2D eigenvalue weighted by Crippen LogP contribution is -2.34. The number of benzene rings is 4. The van der Waals surface area contributed by atoms with Crippen LogP contribution in [-0.2, 0) is 25.7 Å². The third-order valence-electron chi connectivity index (χ3n) is 21.9. The second kappa shape index (κ2) is 49.1. The molecular formula is C104H119F4N13O16. The lowest BCUT2D eigenvalue weighted by molar-refractivity contribution is 0.0779. The van der Waals surface area contributed by atoms with Crippen molar-refractivity contribution in [3.63, 3.8) is 0 Å². The van der Waals surface area contributed by atoms with E-state index in [4.69, 9.17) is 71.1 Å². The molecule has 137 heavy (non-hydrogen) atoms. The molecule has 0 fully saturated rings. The molecule has 0 bridgehead atoms. The number of nitrogens with one attached hydrogen (secondary N) is 3. The molecule has 1 amide bonds. The molecule has 0 saturated carbocycles. The highest BCUT2D eigenvalue weighted by Crippen LogP contribution is 2.37. The minimum Gasteiger partial charge on any atom is -0.493 e. The van der Waals surface area contributed by atoms with Crippen LogP contribution >= 0.6 is 0 Å². The van der Waals surface area contributed by atoms with E-state index < -0.39 is 0 Å². The number of fused-ring (bicyclic) bond motifs is 12. The van der Waals surface area contributed by atoms with Gasteiger partial charge < -0.3 is 96.8 Å². The number of ether oxygens (including phenoxy) is 15. The highest BCUT2D eigenvalue weighted by molar-refractivity contribution is 5.96. The average Bonchev–Trinajstić information content (AvgIpc) is 1.66. The van der Waals surface area contributed by atoms with Gasteiger partial charge in [-0.25, -0.2) is 52.4 Å². The summed E-state index contributed by atoms with van der Waals surface area (Å²) in [6, 6.07) is 39.5. The summed E-state index contributed by atoms with van der Waals surface area (Å²) in [6.07, 6.45) is 10.4. The summed E-state index contributed by atoms with van der Waals surface area (Å²) in [4.78, 5) is 48.7. The highest BCUT2D eigenvalue weighted by Gasteiger charge is 2.25. The minimum atomic E-state index is -0.362. The van der Waals surface area contributed by atoms with Crippen molar-refractivity contribution in [1.29, 1.82) is 0 Å². The fraction of sp³-hybridized carbons (Fsp3) is 0.375. The van der Waals surface area contributed by atoms with Gasteiger partial charge in [0.25, 0.3) is 23.5 Å². The molecule has 29 nitrogen and oxygen atoms in total. The van der Waals surface area contributed by atoms with Crippen molar-refractivity contribution in [1.82, 2.24) is 44.8 Å². The molecule has 724 valence electrons. The summed E-state index contributed by atoms with van der Waals surface area (Å²) in [5.74, 6) is 10.5. The number of amides is 1. The van der Waals surface area contributed by atoms with Crippen molar-refractivity contribution >= 4 is 28.8 Å². The molecule has 0 atom stereocenters. The Balaban J connectivity index is 0.000000126. The maximum Gasteiger partial charge on any atom is 0.257 e. The summed E-state index contributed by atoms with van der Waals surface area (Å²) in [5, 5.41) is 9.42. The van der Waals surface area contributed by atoms with E-state index in [1.54, 1.807) is 50.9 Å². The lowest BCUT2D eigenvalue weighted by Gasteiger charge is -2.27. The molecule has 12 aliphatic rings. The molecular weight excluding hydrogens is 1760 g/mol. The van der Waals surface area contributed by atoms with Crippen molar-refractivity contribution in [3.8, 4) is 87.0 Å². The van der Waals surface area contributed by atoms with Crippen LogP contribution in [0.2, 0.25) is 0 Å². The van der Waals surface area contributed by atoms with E-state index in [1.165, 1.54) is 52.2 Å². The van der Waals surface area contributed by atoms with E-state index in [2.05, 4.69) is 124 Å². The maximum absolute atomic E-state index is 13.0. The molecule has 8 aromatic heterocycles. The van der Waals surface area contributed by atoms with Crippen LogP contribution in [0.15, 0.2) is 146 Å². The van der Waals surface area contributed by atoms with E-state index >= 15 is 0 Å². The molecule has 0 radical (unpaired) electrons. The Morgan fingerprint density at radius 3 is 1.50 bits per heavy atom. The first-order valence-electron chi connectivity index (χ1n) is 45.8. The van der Waals surface area contributed by atoms with E-state index in [1.807, 2.05) is 110 Å². The number of carbonyl (C=O) groups is 1. The van der Waals surface area contributed by atoms with E-state index in [-0.39, 0.29) is 29.2 Å². The quantitative estimate of drug-likeness (QED) is 0.119. The number of aromatic nitrogens is 8. The first kappa shape index (κ1) is 99.9. The second-order valence-electron chi connectivity index (χ2n) is 33.3. The van der Waals surface area contributed by atoms with Gasteiger partial charge in [0.05, 0.1) is 72.6 Å². The Morgan fingerprint density at radius 2 is 0.766 bits per heavy atom. The predicted octanol–water partition coefficient (Wildman–Crippen LogP) is 17.8. The summed E-state index contributed by atoms with van der Waals surface area (Å²) < 4.78 is 131. The lowest BCUT2D eigenvalue weighted by atomic mass is 10.0. The fourth-order valence-corrected chi connectivity index (χ4v) is 14.5. The molecule has 0 aliphatic carbocycles. The van der Waals surface area contributed by atoms with Crippen LogP contribution in [0.5, 0.6) is 87.0 Å². The van der Waals surface area contributed by atoms with Crippen molar-refractivity contribution in [2.24, 2.45) is 0 Å². The van der Waals surface area contributed by atoms with Gasteiger partial charge in [0.2, 0.25) is 17.6 Å². The number of anilines is 4. The van der Waals surface area contributed by atoms with Gasteiger partial charge >= 0.3 is 0 Å². The minimum absolute atomic E-state index is 0.0949. The number of hydrogen-bond donors (Lipinski definition) is 3. The predicted molar refractivity (Wildman–Crippen MR) is 514 cm³/mol. The first-order chi connectivity index (χ1) is 66.2. The van der Waals surface area contributed by atoms with Crippen LogP contribution in [0, 0.1) is 106 Å². The van der Waals surface area contributed by atoms with Crippen LogP contribution in [0.3, 0.4) is 0 Å². The number of carbonyl (C=O) groups excluding carboxylic acids is 1. The Bertz CT molecular complexity index is 5520. The van der Waals surface area contributed by atoms with Gasteiger partial charge in [-0.05, 0) is 225 Å². The number of nitrogens with zero attached hydrogens (tertiary/aromatic N) is 10. The number of likely N-dealkylation sites (N-methyl/N-ethyl adjacent to an activating group) is 2. The molecule has 12 aromatic rings. The van der Waals surface area contributed by atoms with Crippen molar-refractivity contribution in [2.45, 2.75) is 115 Å². The molecule has 33 heteroatoms. The fourth-order valence-electron chi connectivity index (χ4n) is 14.5. The van der Waals surface area contributed by atoms with Crippen LogP contribution < -0.4 is 91.9 Å². The number of pyridine rings is 8. The molecule has 0 spiro atoms. The molecule has 20 heterocycles. The van der Waals surface area contributed by atoms with Crippen molar-refractivity contribution in [3.05, 3.63) is 265 Å². The monoisotopic (exact) mass is 1880 g/mol. The van der Waals surface area contributed by atoms with Crippen LogP contribution in [0.1, 0.15) is 107 Å². The third kappa shape index (κ3) is 29.0. The zero-order chi connectivity index (χ0) is 96.9. The zero-order valence-electron chi connectivity index (χ0n) is 80.1. The van der Waals surface area contributed by atoms with Gasteiger partial charge in [-0.3, -0.25) is 9.78 Å². The van der Waals surface area contributed by atoms with Gasteiger partial charge in [0, 0.05) is 118 Å². The summed E-state index contributed by atoms with van der Waals surface area (Å²) in [7, 11) is 3.92. The third-order valence-corrected chi connectivity index (χ3v) is 21.9. The zero-order valence-corrected chi connectivity index (χ0v) is 80.1. The topological polar surface area (TPSA) is 301 Å². The number of halogens is 4. The standard InChI is InChI=1S/C10H12N2O.C10H13NO.C9H10FNO.C9H9FO2.C9H11NO.C9H10O.C8H8FNO2.C8H8FNO.2C8H10N2O.2C8H9NO2/c1-7-5-8-9(11-6-7)3-4-12(2)10(8)13;1-8-3-4-9-10(7-8)12-6-5-11(9)2;1-6-4-9-8(5-7(6)10)11-2-3-12-9;1-6-4-8-9(5-7(6)10)12-3-2-11-8;1-7-4-5-8-3-2-6-11-9(8)10-7;1-7-2-3-8-4-5-10-9(8)6-7;1-5-6(9)4-7-8(10-5)12-3-2-11-7;1-5-7(9)4-6-2-3-11-8(6)10-5;1-6-4-7-8(10-5-6)9-2-3-11-7;1-6-2-3-7-8(10-6)11-5-4-9-7;1-6-4-7-8(9-5-6)11-3-2-10-7;1-6-2-3-7-8(9-6)11-5-4-10-7/h5-6H,3-4H2,1-2H3;3-4,7H,5-6H2,1-2H3;4-5,11H,2-3H2,1H3;4-5H,2-3H2,1H3;4-5H,2-3,6H2,1H3;2-3,6H,4-5H2,1H3;4H,2-3H2,1H3;4H,2-3H2,1H3;4-5H,2-3H2,1H3,(H,9,10);2-3,9H,4-5H2,1H3;4-5H,2-3H2,1H3;2-3H,4-5H2,1H3. The van der Waals surface area contributed by atoms with Gasteiger partial charge in [-0.1, -0.05) is 24.3 Å².